The minimum Gasteiger partial charge on any atom is -0.497 e. The fourth-order valence-electron chi connectivity index (χ4n) is 3.03. The monoisotopic (exact) mass is 462 g/mol. The summed E-state index contributed by atoms with van der Waals surface area (Å²) in [6.07, 6.45) is 0. The Morgan fingerprint density at radius 3 is 2.22 bits per heavy atom. The summed E-state index contributed by atoms with van der Waals surface area (Å²) >= 11 is 5.99. The molecule has 176 valence electrons. The molecular weight excluding hydrogens is 428 g/mol. The first kappa shape index (κ1) is 25.7. The molecule has 32 heavy (non-hydrogen) atoms. The lowest BCUT2D eigenvalue weighted by Gasteiger charge is -2.33. The predicted octanol–water partition coefficient (Wildman–Crippen LogP) is 4.62. The van der Waals surface area contributed by atoms with Crippen molar-refractivity contribution in [3.63, 3.8) is 0 Å². The van der Waals surface area contributed by atoms with Crippen LogP contribution in [0.3, 0.4) is 0 Å². The first-order valence-corrected chi connectivity index (χ1v) is 11.3. The molecule has 0 bridgehead atoms. The second-order valence-corrected chi connectivity index (χ2v) is 10.1. The molecule has 0 spiro atoms. The summed E-state index contributed by atoms with van der Waals surface area (Å²) in [5.41, 5.74) is 0.665. The van der Waals surface area contributed by atoms with Crippen LogP contribution in [0.25, 0.3) is 5.69 Å². The van der Waals surface area contributed by atoms with Crippen LogP contribution in [0.15, 0.2) is 30.3 Å². The Bertz CT molecular complexity index is 943. The van der Waals surface area contributed by atoms with Crippen molar-refractivity contribution in [1.82, 2.24) is 14.7 Å². The maximum absolute atomic E-state index is 13.0. The molecule has 2 aromatic rings. The van der Waals surface area contributed by atoms with Gasteiger partial charge >= 0.3 is 0 Å². The van der Waals surface area contributed by atoms with Gasteiger partial charge < -0.3 is 15.0 Å². The number of anilines is 1. The van der Waals surface area contributed by atoms with Crippen LogP contribution in [0.2, 0.25) is 0 Å². The Labute approximate surface area is 196 Å². The number of nitrogens with one attached hydrogen (secondary N) is 1. The van der Waals surface area contributed by atoms with Crippen LogP contribution in [0.5, 0.6) is 5.75 Å². The molecular formula is C24H35ClN4O3. The van der Waals surface area contributed by atoms with E-state index in [0.29, 0.717) is 5.82 Å². The van der Waals surface area contributed by atoms with Gasteiger partial charge in [-0.25, -0.2) is 4.68 Å². The fourth-order valence-corrected chi connectivity index (χ4v) is 3.14. The summed E-state index contributed by atoms with van der Waals surface area (Å²) in [7, 11) is 1.61. The highest BCUT2D eigenvalue weighted by molar-refractivity contribution is 6.19. The van der Waals surface area contributed by atoms with Gasteiger partial charge in [-0.1, -0.05) is 20.8 Å². The lowest BCUT2D eigenvalue weighted by atomic mass is 9.92. The molecule has 0 aliphatic heterocycles. The summed E-state index contributed by atoms with van der Waals surface area (Å²) in [5, 5.41) is 7.67. The molecule has 0 aliphatic carbocycles. The van der Waals surface area contributed by atoms with Crippen molar-refractivity contribution in [2.24, 2.45) is 5.41 Å². The molecule has 8 heteroatoms. The van der Waals surface area contributed by atoms with Crippen LogP contribution in [0.4, 0.5) is 5.82 Å². The number of carbonyl (C=O) groups is 2. The summed E-state index contributed by atoms with van der Waals surface area (Å²) < 4.78 is 6.93. The maximum atomic E-state index is 13.0. The number of hydrogen-bond acceptors (Lipinski definition) is 4. The summed E-state index contributed by atoms with van der Waals surface area (Å²) in [6, 6.07) is 9.15. The third-order valence-electron chi connectivity index (χ3n) is 5.17. The number of halogens is 1. The van der Waals surface area contributed by atoms with Crippen molar-refractivity contribution in [3.8, 4) is 11.4 Å². The second kappa shape index (κ2) is 9.94. The number of rotatable bonds is 8. The minimum absolute atomic E-state index is 0.0739. The molecule has 2 rings (SSSR count). The van der Waals surface area contributed by atoms with Crippen LogP contribution in [-0.2, 0) is 15.0 Å². The number of aromatic nitrogens is 2. The molecule has 0 fully saturated rings. The molecule has 1 aromatic carbocycles. The topological polar surface area (TPSA) is 76.5 Å². The van der Waals surface area contributed by atoms with Crippen molar-refractivity contribution in [2.45, 2.75) is 59.9 Å². The van der Waals surface area contributed by atoms with Crippen LogP contribution in [0, 0.1) is 5.41 Å². The van der Waals surface area contributed by atoms with Gasteiger partial charge in [0.15, 0.2) is 0 Å². The number of alkyl halides is 1. The largest absolute Gasteiger partial charge is 0.497 e. The van der Waals surface area contributed by atoms with Crippen molar-refractivity contribution < 1.29 is 14.3 Å². The van der Waals surface area contributed by atoms with E-state index >= 15 is 0 Å². The summed E-state index contributed by atoms with van der Waals surface area (Å²) in [6.45, 7) is 13.4. The van der Waals surface area contributed by atoms with Gasteiger partial charge in [0.1, 0.15) is 18.1 Å². The molecule has 0 saturated carbocycles. The molecule has 0 radical (unpaired) electrons. The number of hydrogen-bond donors (Lipinski definition) is 1. The average Bonchev–Trinajstić information content (AvgIpc) is 3.15. The van der Waals surface area contributed by atoms with E-state index in [2.05, 4.69) is 26.1 Å². The van der Waals surface area contributed by atoms with E-state index < -0.39 is 5.41 Å². The highest BCUT2D eigenvalue weighted by Crippen LogP contribution is 2.27. The van der Waals surface area contributed by atoms with Crippen molar-refractivity contribution >= 4 is 29.2 Å². The third-order valence-corrected chi connectivity index (χ3v) is 5.84. The molecule has 1 aromatic heterocycles. The molecule has 7 nitrogen and oxygen atoms in total. The molecule has 0 aliphatic rings. The highest BCUT2D eigenvalue weighted by atomic mass is 35.5. The zero-order chi connectivity index (χ0) is 24.3. The summed E-state index contributed by atoms with van der Waals surface area (Å²) in [5.74, 6) is 0.994. The van der Waals surface area contributed by atoms with E-state index in [1.807, 2.05) is 44.2 Å². The van der Waals surface area contributed by atoms with Crippen LogP contribution in [-0.4, -0.2) is 52.1 Å². The first-order chi connectivity index (χ1) is 14.8. The zero-order valence-electron chi connectivity index (χ0n) is 20.3. The number of methoxy groups -OCH3 is 1. The average molecular weight is 463 g/mol. The van der Waals surface area contributed by atoms with Gasteiger partial charge in [-0.05, 0) is 52.0 Å². The zero-order valence-corrected chi connectivity index (χ0v) is 21.1. The lowest BCUT2D eigenvalue weighted by Crippen LogP contribution is -2.48. The summed E-state index contributed by atoms with van der Waals surface area (Å²) in [4.78, 5) is 27.5. The molecule has 1 N–H and O–H groups in total. The van der Waals surface area contributed by atoms with Crippen molar-refractivity contribution in [3.05, 3.63) is 36.0 Å². The SMILES string of the molecule is COc1ccc(-n2nc(C(C)(C)C)cc2NC(=O)CN(C(=O)C(C)(C)CCl)C(C)C)cc1. The van der Waals surface area contributed by atoms with E-state index in [0.717, 1.165) is 17.1 Å². The van der Waals surface area contributed by atoms with Gasteiger partial charge in [-0.3, -0.25) is 9.59 Å². The standard InChI is InChI=1S/C24H35ClN4O3/c1-16(2)28(22(31)24(6,7)15-25)14-21(30)26-20-13-19(23(3,4)5)27-29(20)17-9-11-18(32-8)12-10-17/h9-13,16H,14-15H2,1-8H3,(H,26,30). The van der Waals surface area contributed by atoms with Gasteiger partial charge in [0, 0.05) is 23.4 Å². The normalized spacial score (nSPS) is 12.1. The minimum atomic E-state index is -0.754. The van der Waals surface area contributed by atoms with Crippen LogP contribution < -0.4 is 10.1 Å². The number of nitrogens with zero attached hydrogens (tertiary/aromatic N) is 3. The number of ether oxygens (including phenoxy) is 1. The Morgan fingerprint density at radius 2 is 1.75 bits per heavy atom. The van der Waals surface area contributed by atoms with Gasteiger partial charge in [0.2, 0.25) is 11.8 Å². The molecule has 1 heterocycles. The van der Waals surface area contributed by atoms with Gasteiger partial charge in [-0.15, -0.1) is 11.6 Å². The van der Waals surface area contributed by atoms with Crippen LogP contribution >= 0.6 is 11.6 Å². The van der Waals surface area contributed by atoms with Gasteiger partial charge in [0.25, 0.3) is 0 Å². The molecule has 0 unspecified atom stereocenters. The van der Waals surface area contributed by atoms with Crippen molar-refractivity contribution in [2.75, 3.05) is 24.9 Å². The third kappa shape index (κ3) is 6.03. The maximum Gasteiger partial charge on any atom is 0.245 e. The molecule has 0 saturated heterocycles. The number of amides is 2. The second-order valence-electron chi connectivity index (χ2n) is 9.87. The predicted molar refractivity (Wildman–Crippen MR) is 129 cm³/mol. The van der Waals surface area contributed by atoms with Gasteiger partial charge in [0.05, 0.1) is 23.9 Å². The Balaban J connectivity index is 2.34. The fraction of sp³-hybridized carbons (Fsp3) is 0.542. The Hall–Kier alpha value is -2.54. The number of carbonyl (C=O) groups excluding carboxylic acids is 2. The van der Waals surface area contributed by atoms with E-state index in [9.17, 15) is 9.59 Å². The number of benzene rings is 1. The van der Waals surface area contributed by atoms with E-state index in [1.165, 1.54) is 0 Å². The molecule has 2 amide bonds. The molecule has 0 atom stereocenters. The van der Waals surface area contributed by atoms with E-state index in [-0.39, 0.29) is 35.7 Å². The van der Waals surface area contributed by atoms with Crippen molar-refractivity contribution in [1.29, 1.82) is 0 Å². The smallest absolute Gasteiger partial charge is 0.245 e. The van der Waals surface area contributed by atoms with Crippen LogP contribution in [0.1, 0.15) is 54.2 Å². The van der Waals surface area contributed by atoms with Gasteiger partial charge in [-0.2, -0.15) is 5.10 Å². The van der Waals surface area contributed by atoms with E-state index in [1.54, 1.807) is 30.5 Å². The Morgan fingerprint density at radius 1 is 1.16 bits per heavy atom. The quantitative estimate of drug-likeness (QED) is 0.581. The lowest BCUT2D eigenvalue weighted by molar-refractivity contribution is -0.143. The van der Waals surface area contributed by atoms with E-state index in [4.69, 9.17) is 21.4 Å². The highest BCUT2D eigenvalue weighted by Gasteiger charge is 2.33. The first-order valence-electron chi connectivity index (χ1n) is 10.7. The Kier molecular flexibility index (Phi) is 7.99.